The van der Waals surface area contributed by atoms with Crippen molar-refractivity contribution in [1.82, 2.24) is 0 Å². The van der Waals surface area contributed by atoms with E-state index in [0.717, 1.165) is 12.8 Å². The van der Waals surface area contributed by atoms with Gasteiger partial charge in [-0.25, -0.2) is 0 Å². The van der Waals surface area contributed by atoms with E-state index in [4.69, 9.17) is 0 Å². The minimum Gasteiger partial charge on any atom is -0.507 e. The van der Waals surface area contributed by atoms with Gasteiger partial charge in [0.15, 0.2) is 5.78 Å². The first-order chi connectivity index (χ1) is 6.25. The number of ketones is 1. The van der Waals surface area contributed by atoms with Crippen LogP contribution >= 0.6 is 0 Å². The number of para-hydroxylation sites is 1. The molecule has 0 fully saturated rings. The predicted molar refractivity (Wildman–Crippen MR) is 51.6 cm³/mol. The molecule has 0 unspecified atom stereocenters. The van der Waals surface area contributed by atoms with E-state index in [1.807, 2.05) is 6.92 Å². The van der Waals surface area contributed by atoms with Gasteiger partial charge in [-0.1, -0.05) is 25.5 Å². The number of unbranched alkanes of at least 4 members (excludes halogenated alkanes) is 1. The van der Waals surface area contributed by atoms with Crippen LogP contribution in [-0.4, -0.2) is 10.9 Å². The van der Waals surface area contributed by atoms with Crippen LogP contribution in [0.5, 0.6) is 5.75 Å². The maximum absolute atomic E-state index is 11.4. The first kappa shape index (κ1) is 9.78. The fourth-order valence-electron chi connectivity index (χ4n) is 1.07. The summed E-state index contributed by atoms with van der Waals surface area (Å²) in [7, 11) is 0. The Kier molecular flexibility index (Phi) is 3.50. The maximum Gasteiger partial charge on any atom is 0.170 e. The van der Waals surface area contributed by atoms with Gasteiger partial charge in [0, 0.05) is 6.42 Å². The smallest absolute Gasteiger partial charge is 0.170 e. The van der Waals surface area contributed by atoms with E-state index in [1.165, 1.54) is 6.07 Å². The summed E-state index contributed by atoms with van der Waals surface area (Å²) in [6.07, 6.45) is 3.31. The summed E-state index contributed by atoms with van der Waals surface area (Å²) >= 11 is 0. The molecule has 0 amide bonds. The van der Waals surface area contributed by atoms with E-state index in [1.54, 1.807) is 24.6 Å². The number of hydrogen-bond donors (Lipinski definition) is 1. The van der Waals surface area contributed by atoms with Crippen LogP contribution in [-0.2, 0) is 0 Å². The maximum atomic E-state index is 11.4. The second-order valence-electron chi connectivity index (χ2n) is 2.87. The molecule has 1 rings (SSSR count). The van der Waals surface area contributed by atoms with Gasteiger partial charge in [0.1, 0.15) is 5.75 Å². The lowest BCUT2D eigenvalue weighted by atomic mass is 10.1. The molecule has 0 aromatic heterocycles. The van der Waals surface area contributed by atoms with E-state index in [-0.39, 0.29) is 11.5 Å². The third-order valence-corrected chi connectivity index (χ3v) is 1.79. The van der Waals surface area contributed by atoms with Gasteiger partial charge in [-0.05, 0) is 18.6 Å². The van der Waals surface area contributed by atoms with E-state index >= 15 is 0 Å². The van der Waals surface area contributed by atoms with Gasteiger partial charge >= 0.3 is 0 Å². The largest absolute Gasteiger partial charge is 0.507 e. The van der Waals surface area contributed by atoms with Crippen molar-refractivity contribution in [3.63, 3.8) is 0 Å². The Morgan fingerprint density at radius 3 is 2.77 bits per heavy atom. The highest BCUT2D eigenvalue weighted by molar-refractivity contribution is 6.04. The first-order valence-electron chi connectivity index (χ1n) is 4.41. The van der Waals surface area contributed by atoms with Crippen LogP contribution < -0.4 is 0 Å². The monoisotopic (exact) mass is 177 g/mol. The summed E-state index contributed by atoms with van der Waals surface area (Å²) in [5.74, 6) is -0.0418. The summed E-state index contributed by atoms with van der Waals surface area (Å²) < 4.78 is 0. The van der Waals surface area contributed by atoms with E-state index in [2.05, 4.69) is 0 Å². The molecule has 0 aliphatic heterocycles. The fourth-order valence-corrected chi connectivity index (χ4v) is 1.07. The van der Waals surface area contributed by atoms with Crippen molar-refractivity contribution >= 4 is 5.78 Å². The summed E-state index contributed by atoms with van der Waals surface area (Å²) in [5, 5.41) is 9.34. The molecule has 0 heterocycles. The number of phenols is 1. The number of phenolic OH excluding ortho intramolecular Hbond substituents is 1. The zero-order valence-corrected chi connectivity index (χ0v) is 7.66. The number of rotatable bonds is 4. The number of carbonyl (C=O) groups is 1. The quantitative estimate of drug-likeness (QED) is 0.718. The lowest BCUT2D eigenvalue weighted by Gasteiger charge is -2.01. The molecule has 2 heteroatoms. The van der Waals surface area contributed by atoms with Crippen molar-refractivity contribution in [2.45, 2.75) is 19.8 Å². The fraction of sp³-hybridized carbons (Fsp3) is 0.273. The first-order valence-corrected chi connectivity index (χ1v) is 4.41. The number of aromatic hydroxyl groups is 1. The Labute approximate surface area is 78.2 Å². The zero-order chi connectivity index (χ0) is 9.68. The number of carbonyl (C=O) groups excluding carboxylic acids is 1. The van der Waals surface area contributed by atoms with Gasteiger partial charge in [-0.2, -0.15) is 0 Å². The predicted octanol–water partition coefficient (Wildman–Crippen LogP) is 2.58. The average molecular weight is 177 g/mol. The van der Waals surface area contributed by atoms with Crippen LogP contribution in [0.15, 0.2) is 24.3 Å². The van der Waals surface area contributed by atoms with Crippen LogP contribution in [0.3, 0.4) is 0 Å². The van der Waals surface area contributed by atoms with E-state index in [0.29, 0.717) is 5.56 Å². The van der Waals surface area contributed by atoms with Crippen molar-refractivity contribution in [1.29, 1.82) is 0 Å². The summed E-state index contributed by atoms with van der Waals surface area (Å²) in [6.45, 7) is 2.01. The van der Waals surface area contributed by atoms with E-state index < -0.39 is 0 Å². The Morgan fingerprint density at radius 1 is 1.46 bits per heavy atom. The second-order valence-corrected chi connectivity index (χ2v) is 2.87. The number of benzene rings is 1. The Morgan fingerprint density at radius 2 is 2.15 bits per heavy atom. The molecule has 13 heavy (non-hydrogen) atoms. The third-order valence-electron chi connectivity index (χ3n) is 1.79. The minimum atomic E-state index is -0.0973. The molecule has 69 valence electrons. The van der Waals surface area contributed by atoms with Crippen molar-refractivity contribution in [3.8, 4) is 5.75 Å². The molecule has 0 saturated heterocycles. The van der Waals surface area contributed by atoms with Gasteiger partial charge in [0.25, 0.3) is 0 Å². The molecular formula is C11H13O2. The van der Waals surface area contributed by atoms with Crippen LogP contribution in [0.1, 0.15) is 30.1 Å². The molecule has 1 aromatic carbocycles. The van der Waals surface area contributed by atoms with Crippen molar-refractivity contribution < 1.29 is 9.90 Å². The van der Waals surface area contributed by atoms with Crippen LogP contribution in [0, 0.1) is 6.42 Å². The highest BCUT2D eigenvalue weighted by Gasteiger charge is 2.08. The van der Waals surface area contributed by atoms with Gasteiger partial charge in [0.05, 0.1) is 5.56 Å². The van der Waals surface area contributed by atoms with Gasteiger partial charge in [-0.15, -0.1) is 0 Å². The third kappa shape index (κ3) is 2.58. The normalized spacial score (nSPS) is 9.92. The molecule has 0 spiro atoms. The average Bonchev–Trinajstić information content (AvgIpc) is 2.15. The van der Waals surface area contributed by atoms with Crippen molar-refractivity contribution in [2.24, 2.45) is 0 Å². The number of Topliss-reactive ketones (excluding diaryl/α,β-unsaturated/α-hetero) is 1. The molecule has 0 saturated carbocycles. The Bertz CT molecular complexity index is 292. The second kappa shape index (κ2) is 4.65. The molecule has 0 aliphatic carbocycles. The summed E-state index contributed by atoms with van der Waals surface area (Å²) in [5.41, 5.74) is 0.385. The van der Waals surface area contributed by atoms with Crippen LogP contribution in [0.25, 0.3) is 0 Å². The highest BCUT2D eigenvalue weighted by atomic mass is 16.3. The lowest BCUT2D eigenvalue weighted by molar-refractivity contribution is 0.102. The van der Waals surface area contributed by atoms with Crippen LogP contribution in [0.4, 0.5) is 0 Å². The zero-order valence-electron chi connectivity index (χ0n) is 7.66. The van der Waals surface area contributed by atoms with Gasteiger partial charge in [-0.3, -0.25) is 4.79 Å². The molecule has 1 aromatic rings. The van der Waals surface area contributed by atoms with Crippen molar-refractivity contribution in [2.75, 3.05) is 0 Å². The molecular weight excluding hydrogens is 164 g/mol. The topological polar surface area (TPSA) is 37.3 Å². The van der Waals surface area contributed by atoms with E-state index in [9.17, 15) is 9.90 Å². The molecule has 0 bridgehead atoms. The molecule has 0 aliphatic rings. The number of hydrogen-bond acceptors (Lipinski definition) is 2. The lowest BCUT2D eigenvalue weighted by Crippen LogP contribution is -1.99. The van der Waals surface area contributed by atoms with Crippen LogP contribution in [0.2, 0.25) is 0 Å². The van der Waals surface area contributed by atoms with Gasteiger partial charge in [0.2, 0.25) is 0 Å². The molecule has 1 N–H and O–H groups in total. The molecule has 2 nitrogen and oxygen atoms in total. The summed E-state index contributed by atoms with van der Waals surface area (Å²) in [6, 6.07) is 6.59. The Balaban J connectivity index is 2.71. The standard InChI is InChI=1S/C11H13O2/c1-2-3-7-10(12)9-6-4-5-8-11(9)13/h4-8,13H,2-3H2,1H3. The van der Waals surface area contributed by atoms with Crippen molar-refractivity contribution in [3.05, 3.63) is 36.2 Å². The highest BCUT2D eigenvalue weighted by Crippen LogP contribution is 2.17. The minimum absolute atomic E-state index is 0.0554. The molecule has 1 radical (unpaired) electrons. The van der Waals surface area contributed by atoms with Gasteiger partial charge < -0.3 is 5.11 Å². The molecule has 0 atom stereocenters. The Hall–Kier alpha value is -1.31. The SMILES string of the molecule is CCC[CH]C(=O)c1ccccc1O. The summed E-state index contributed by atoms with van der Waals surface area (Å²) in [4.78, 5) is 11.4.